The molecule has 1 amide bonds. The molecule has 0 heterocycles. The molecule has 2 unspecified atom stereocenters. The van der Waals surface area contributed by atoms with E-state index < -0.39 is 0 Å². The van der Waals surface area contributed by atoms with Crippen molar-refractivity contribution in [1.82, 2.24) is 0 Å². The third kappa shape index (κ3) is 3.36. The first-order valence-corrected chi connectivity index (χ1v) is 12.1. The SMILES string of the molecule is O=C(Nc1ccc(C23C[C@@H]4C[C@@H](CC(c5ccccc5)(C4)C2)C3)cc1)c1ccc(Cl)cc1. The van der Waals surface area contributed by atoms with Crippen LogP contribution in [0.2, 0.25) is 5.02 Å². The van der Waals surface area contributed by atoms with Gasteiger partial charge in [-0.15, -0.1) is 0 Å². The minimum Gasteiger partial charge on any atom is -0.322 e. The molecule has 4 atom stereocenters. The van der Waals surface area contributed by atoms with Crippen molar-refractivity contribution < 1.29 is 4.79 Å². The second kappa shape index (κ2) is 7.49. The van der Waals surface area contributed by atoms with Crippen LogP contribution in [-0.4, -0.2) is 5.91 Å². The molecule has 4 aliphatic rings. The third-order valence-corrected chi connectivity index (χ3v) is 8.56. The number of carbonyl (C=O) groups is 1. The quantitative estimate of drug-likeness (QED) is 0.449. The van der Waals surface area contributed by atoms with Gasteiger partial charge in [-0.2, -0.15) is 0 Å². The van der Waals surface area contributed by atoms with Crippen LogP contribution in [0.5, 0.6) is 0 Å². The summed E-state index contributed by atoms with van der Waals surface area (Å²) < 4.78 is 0. The van der Waals surface area contributed by atoms with Crippen molar-refractivity contribution in [3.63, 3.8) is 0 Å². The number of carbonyl (C=O) groups excluding carboxylic acids is 1. The largest absolute Gasteiger partial charge is 0.322 e. The summed E-state index contributed by atoms with van der Waals surface area (Å²) >= 11 is 5.94. The molecule has 7 rings (SSSR count). The van der Waals surface area contributed by atoms with Gasteiger partial charge in [0.25, 0.3) is 5.91 Å². The minimum absolute atomic E-state index is 0.104. The number of hydrogen-bond acceptors (Lipinski definition) is 1. The van der Waals surface area contributed by atoms with E-state index in [2.05, 4.69) is 59.9 Å². The first-order valence-electron chi connectivity index (χ1n) is 11.8. The molecule has 0 radical (unpaired) electrons. The number of rotatable bonds is 4. The van der Waals surface area contributed by atoms with Crippen LogP contribution in [0, 0.1) is 11.8 Å². The molecule has 4 aliphatic carbocycles. The maximum Gasteiger partial charge on any atom is 0.255 e. The average molecular weight is 442 g/mol. The van der Waals surface area contributed by atoms with E-state index in [1.807, 2.05) is 0 Å². The van der Waals surface area contributed by atoms with Gasteiger partial charge in [0, 0.05) is 16.3 Å². The second-order valence-corrected chi connectivity index (χ2v) is 10.9. The lowest BCUT2D eigenvalue weighted by molar-refractivity contribution is -0.0281. The Morgan fingerprint density at radius 3 is 1.91 bits per heavy atom. The van der Waals surface area contributed by atoms with Crippen molar-refractivity contribution >= 4 is 23.2 Å². The number of amides is 1. The summed E-state index contributed by atoms with van der Waals surface area (Å²) in [6.45, 7) is 0. The van der Waals surface area contributed by atoms with Crippen molar-refractivity contribution in [2.75, 3.05) is 5.32 Å². The summed E-state index contributed by atoms with van der Waals surface area (Å²) in [6, 6.07) is 27.0. The predicted molar refractivity (Wildman–Crippen MR) is 130 cm³/mol. The predicted octanol–water partition coefficient (Wildman–Crippen LogP) is 7.38. The van der Waals surface area contributed by atoms with E-state index in [4.69, 9.17) is 11.6 Å². The van der Waals surface area contributed by atoms with Crippen molar-refractivity contribution in [2.24, 2.45) is 11.8 Å². The van der Waals surface area contributed by atoms with Crippen molar-refractivity contribution in [1.29, 1.82) is 0 Å². The highest BCUT2D eigenvalue weighted by molar-refractivity contribution is 6.30. The molecule has 2 nitrogen and oxygen atoms in total. The smallest absolute Gasteiger partial charge is 0.255 e. The van der Waals surface area contributed by atoms with Crippen LogP contribution >= 0.6 is 11.6 Å². The average Bonchev–Trinajstić information content (AvgIpc) is 2.80. The van der Waals surface area contributed by atoms with Crippen LogP contribution < -0.4 is 5.32 Å². The number of halogens is 1. The van der Waals surface area contributed by atoms with Crippen LogP contribution in [0.1, 0.15) is 60.0 Å². The molecule has 0 aliphatic heterocycles. The number of benzene rings is 3. The van der Waals surface area contributed by atoms with Crippen molar-refractivity contribution in [2.45, 2.75) is 49.4 Å². The van der Waals surface area contributed by atoms with E-state index in [1.165, 1.54) is 44.1 Å². The molecule has 4 bridgehead atoms. The van der Waals surface area contributed by atoms with Crippen molar-refractivity contribution in [3.8, 4) is 0 Å². The zero-order valence-electron chi connectivity index (χ0n) is 18.2. The van der Waals surface area contributed by atoms with Gasteiger partial charge in [0.15, 0.2) is 0 Å². The Labute approximate surface area is 195 Å². The van der Waals surface area contributed by atoms with E-state index in [1.54, 1.807) is 29.8 Å². The van der Waals surface area contributed by atoms with Gasteiger partial charge in [-0.25, -0.2) is 0 Å². The molecule has 4 fully saturated rings. The zero-order valence-corrected chi connectivity index (χ0v) is 18.9. The molecule has 3 aromatic carbocycles. The Bertz CT molecular complexity index is 1120. The van der Waals surface area contributed by atoms with E-state index in [0.29, 0.717) is 16.0 Å². The number of nitrogens with one attached hydrogen (secondary N) is 1. The Morgan fingerprint density at radius 1 is 0.750 bits per heavy atom. The Hall–Kier alpha value is -2.58. The summed E-state index contributed by atoms with van der Waals surface area (Å²) in [5.41, 5.74) is 5.08. The van der Waals surface area contributed by atoms with Gasteiger partial charge in [0.2, 0.25) is 0 Å². The summed E-state index contributed by atoms with van der Waals surface area (Å²) in [5, 5.41) is 3.66. The Balaban J connectivity index is 1.26. The van der Waals surface area contributed by atoms with Gasteiger partial charge in [-0.3, -0.25) is 4.79 Å². The lowest BCUT2D eigenvalue weighted by Gasteiger charge is -2.62. The highest BCUT2D eigenvalue weighted by Crippen LogP contribution is 2.66. The van der Waals surface area contributed by atoms with Gasteiger partial charge in [-0.1, -0.05) is 54.1 Å². The first kappa shape index (κ1) is 20.1. The number of anilines is 1. The van der Waals surface area contributed by atoms with Gasteiger partial charge in [0.05, 0.1) is 0 Å². The highest BCUT2D eigenvalue weighted by Gasteiger charge is 2.58. The van der Waals surface area contributed by atoms with E-state index in [-0.39, 0.29) is 11.3 Å². The summed E-state index contributed by atoms with van der Waals surface area (Å²) in [7, 11) is 0. The fourth-order valence-electron chi connectivity index (χ4n) is 7.44. The molecule has 4 saturated carbocycles. The second-order valence-electron chi connectivity index (χ2n) is 10.4. The standard InChI is InChI=1S/C29H28ClNO/c30-25-10-6-22(7-11-25)27(32)31-26-12-8-24(9-13-26)29-17-20-14-21(18-29)16-28(15-20,19-29)23-4-2-1-3-5-23/h1-13,20-21H,14-19H2,(H,31,32)/t20-,21+,28?,29?. The maximum absolute atomic E-state index is 12.6. The van der Waals surface area contributed by atoms with Crippen LogP contribution in [-0.2, 0) is 10.8 Å². The molecule has 162 valence electrons. The zero-order chi connectivity index (χ0) is 21.8. The third-order valence-electron chi connectivity index (χ3n) is 8.31. The molecule has 3 aromatic rings. The highest BCUT2D eigenvalue weighted by atomic mass is 35.5. The van der Waals surface area contributed by atoms with E-state index >= 15 is 0 Å². The van der Waals surface area contributed by atoms with Crippen LogP contribution in [0.3, 0.4) is 0 Å². The lowest BCUT2D eigenvalue weighted by atomic mass is 9.42. The molecule has 3 heteroatoms. The minimum atomic E-state index is -0.104. The van der Waals surface area contributed by atoms with E-state index in [0.717, 1.165) is 17.5 Å². The fraction of sp³-hybridized carbons (Fsp3) is 0.345. The van der Waals surface area contributed by atoms with Crippen LogP contribution in [0.4, 0.5) is 5.69 Å². The van der Waals surface area contributed by atoms with Gasteiger partial charge >= 0.3 is 0 Å². The summed E-state index contributed by atoms with van der Waals surface area (Å²) in [4.78, 5) is 12.6. The molecule has 0 saturated heterocycles. The normalized spacial score (nSPS) is 30.3. The Morgan fingerprint density at radius 2 is 1.31 bits per heavy atom. The molecular formula is C29H28ClNO. The lowest BCUT2D eigenvalue weighted by Crippen LogP contribution is -2.55. The molecule has 0 aromatic heterocycles. The monoisotopic (exact) mass is 441 g/mol. The van der Waals surface area contributed by atoms with Crippen molar-refractivity contribution in [3.05, 3.63) is 101 Å². The molecule has 0 spiro atoms. The van der Waals surface area contributed by atoms with Crippen LogP contribution in [0.15, 0.2) is 78.9 Å². The van der Waals surface area contributed by atoms with E-state index in [9.17, 15) is 4.79 Å². The molecule has 1 N–H and O–H groups in total. The Kier molecular flexibility index (Phi) is 4.69. The number of hydrogen-bond donors (Lipinski definition) is 1. The molecule has 32 heavy (non-hydrogen) atoms. The molecular weight excluding hydrogens is 414 g/mol. The summed E-state index contributed by atoms with van der Waals surface area (Å²) in [6.07, 6.45) is 8.00. The van der Waals surface area contributed by atoms with Gasteiger partial charge in [-0.05, 0) is 109 Å². The van der Waals surface area contributed by atoms with Gasteiger partial charge < -0.3 is 5.32 Å². The first-order chi connectivity index (χ1) is 15.5. The van der Waals surface area contributed by atoms with Crippen LogP contribution in [0.25, 0.3) is 0 Å². The van der Waals surface area contributed by atoms with Gasteiger partial charge in [0.1, 0.15) is 0 Å². The maximum atomic E-state index is 12.6. The fourth-order valence-corrected chi connectivity index (χ4v) is 7.57. The topological polar surface area (TPSA) is 29.1 Å². The summed E-state index contributed by atoms with van der Waals surface area (Å²) in [5.74, 6) is 1.56.